The van der Waals surface area contributed by atoms with Crippen molar-refractivity contribution < 1.29 is 13.2 Å². The lowest BCUT2D eigenvalue weighted by Gasteiger charge is -2.37. The molecule has 0 radical (unpaired) electrons. The Balaban J connectivity index is 2.52. The summed E-state index contributed by atoms with van der Waals surface area (Å²) in [6.07, 6.45) is -2.56. The third-order valence-corrected chi connectivity index (χ3v) is 5.07. The van der Waals surface area contributed by atoms with Gasteiger partial charge in [-0.2, -0.15) is 13.2 Å². The maximum atomic E-state index is 13.6. The minimum absolute atomic E-state index is 0.110. The van der Waals surface area contributed by atoms with Gasteiger partial charge in [0.25, 0.3) is 0 Å². The summed E-state index contributed by atoms with van der Waals surface area (Å²) in [5, 5.41) is 0. The average molecular weight is 407 g/mol. The lowest BCUT2D eigenvalue weighted by atomic mass is 9.98. The van der Waals surface area contributed by atoms with Gasteiger partial charge in [0, 0.05) is 24.8 Å². The van der Waals surface area contributed by atoms with Crippen LogP contribution in [0, 0.1) is 5.92 Å². The zero-order valence-corrected chi connectivity index (χ0v) is 18.1. The quantitative estimate of drug-likeness (QED) is 0.486. The zero-order valence-electron chi connectivity index (χ0n) is 18.1. The molecule has 0 spiro atoms. The van der Waals surface area contributed by atoms with Gasteiger partial charge in [-0.1, -0.05) is 51.1 Å². The van der Waals surface area contributed by atoms with E-state index in [2.05, 4.69) is 42.7 Å². The van der Waals surface area contributed by atoms with Crippen LogP contribution < -0.4 is 4.90 Å². The van der Waals surface area contributed by atoms with Crippen LogP contribution in [-0.2, 0) is 19.1 Å². The molecule has 0 N–H and O–H groups in total. The van der Waals surface area contributed by atoms with Crippen molar-refractivity contribution in [2.45, 2.75) is 52.4 Å². The molecule has 0 saturated carbocycles. The van der Waals surface area contributed by atoms with E-state index in [0.29, 0.717) is 11.5 Å². The molecule has 0 aromatic heterocycles. The number of halogens is 3. The Morgan fingerprint density at radius 1 is 0.966 bits per heavy atom. The fourth-order valence-corrected chi connectivity index (χ4v) is 3.77. The molecule has 0 bridgehead atoms. The SMILES string of the molecule is CCc1cccc(N(Cc2ccccc2C(F)(F)F)[C@@H](CC(C)C)CN(C)C)c1. The molecule has 29 heavy (non-hydrogen) atoms. The molecule has 5 heteroatoms. The smallest absolute Gasteiger partial charge is 0.363 e. The number of aryl methyl sites for hydroxylation is 1. The molecular formula is C24H33F3N2. The Hall–Kier alpha value is -2.01. The monoisotopic (exact) mass is 406 g/mol. The maximum absolute atomic E-state index is 13.6. The normalized spacial score (nSPS) is 13.2. The highest BCUT2D eigenvalue weighted by atomic mass is 19.4. The van der Waals surface area contributed by atoms with Crippen molar-refractivity contribution in [3.05, 3.63) is 65.2 Å². The second-order valence-electron chi connectivity index (χ2n) is 8.35. The molecule has 0 aliphatic carbocycles. The minimum Gasteiger partial charge on any atom is -0.363 e. The van der Waals surface area contributed by atoms with Crippen molar-refractivity contribution in [2.75, 3.05) is 25.5 Å². The summed E-state index contributed by atoms with van der Waals surface area (Å²) in [5.74, 6) is 0.440. The van der Waals surface area contributed by atoms with Crippen LogP contribution in [0.3, 0.4) is 0 Å². The summed E-state index contributed by atoms with van der Waals surface area (Å²) in [4.78, 5) is 4.27. The third-order valence-electron chi connectivity index (χ3n) is 5.07. The van der Waals surface area contributed by atoms with Crippen LogP contribution in [0.2, 0.25) is 0 Å². The van der Waals surface area contributed by atoms with E-state index in [4.69, 9.17) is 0 Å². The Morgan fingerprint density at radius 2 is 1.66 bits per heavy atom. The number of rotatable bonds is 9. The number of alkyl halides is 3. The van der Waals surface area contributed by atoms with E-state index in [9.17, 15) is 13.2 Å². The number of benzene rings is 2. The standard InChI is InChI=1S/C24H33F3N2/c1-6-19-10-9-12-21(15-19)29(22(14-18(2)3)17-28(4)5)16-20-11-7-8-13-23(20)24(25,26)27/h7-13,15,18,22H,6,14,16-17H2,1-5H3/t22-/m0/s1. The number of anilines is 1. The fraction of sp³-hybridized carbons (Fsp3) is 0.500. The van der Waals surface area contributed by atoms with E-state index < -0.39 is 11.7 Å². The van der Waals surface area contributed by atoms with Crippen molar-refractivity contribution in [3.63, 3.8) is 0 Å². The summed E-state index contributed by atoms with van der Waals surface area (Å²) in [6.45, 7) is 7.42. The van der Waals surface area contributed by atoms with E-state index >= 15 is 0 Å². The molecular weight excluding hydrogens is 373 g/mol. The van der Waals surface area contributed by atoms with Crippen LogP contribution >= 0.6 is 0 Å². The molecule has 0 heterocycles. The van der Waals surface area contributed by atoms with Gasteiger partial charge in [0.05, 0.1) is 5.56 Å². The van der Waals surface area contributed by atoms with Crippen molar-refractivity contribution in [1.82, 2.24) is 4.90 Å². The Kier molecular flexibility index (Phi) is 8.14. The highest BCUT2D eigenvalue weighted by Crippen LogP contribution is 2.34. The van der Waals surface area contributed by atoms with Crippen LogP contribution in [0.1, 0.15) is 43.9 Å². The first-order chi connectivity index (χ1) is 13.6. The highest BCUT2D eigenvalue weighted by molar-refractivity contribution is 5.51. The lowest BCUT2D eigenvalue weighted by molar-refractivity contribution is -0.138. The summed E-state index contributed by atoms with van der Waals surface area (Å²) >= 11 is 0. The molecule has 2 nitrogen and oxygen atoms in total. The van der Waals surface area contributed by atoms with E-state index in [-0.39, 0.29) is 12.6 Å². The largest absolute Gasteiger partial charge is 0.416 e. The van der Waals surface area contributed by atoms with Gasteiger partial charge < -0.3 is 9.80 Å². The second-order valence-corrected chi connectivity index (χ2v) is 8.35. The summed E-state index contributed by atoms with van der Waals surface area (Å²) < 4.78 is 40.8. The molecule has 1 atom stereocenters. The zero-order chi connectivity index (χ0) is 21.6. The van der Waals surface area contributed by atoms with Crippen LogP contribution in [0.5, 0.6) is 0 Å². The highest BCUT2D eigenvalue weighted by Gasteiger charge is 2.34. The predicted molar refractivity (Wildman–Crippen MR) is 115 cm³/mol. The number of nitrogens with zero attached hydrogens (tertiary/aromatic N) is 2. The minimum atomic E-state index is -4.36. The number of hydrogen-bond donors (Lipinski definition) is 0. The fourth-order valence-electron chi connectivity index (χ4n) is 3.77. The average Bonchev–Trinajstić information content (AvgIpc) is 2.64. The van der Waals surface area contributed by atoms with Gasteiger partial charge in [-0.15, -0.1) is 0 Å². The number of likely N-dealkylation sites (N-methyl/N-ethyl adjacent to an activating group) is 1. The van der Waals surface area contributed by atoms with Crippen LogP contribution in [0.25, 0.3) is 0 Å². The molecule has 160 valence electrons. The topological polar surface area (TPSA) is 6.48 Å². The van der Waals surface area contributed by atoms with E-state index in [1.54, 1.807) is 12.1 Å². The molecule has 0 saturated heterocycles. The molecule has 2 rings (SSSR count). The summed E-state index contributed by atoms with van der Waals surface area (Å²) in [5.41, 5.74) is 1.93. The Bertz CT molecular complexity index is 759. The number of hydrogen-bond acceptors (Lipinski definition) is 2. The third kappa shape index (κ3) is 6.77. The van der Waals surface area contributed by atoms with Gasteiger partial charge in [-0.05, 0) is 62.2 Å². The van der Waals surface area contributed by atoms with Gasteiger partial charge in [0.1, 0.15) is 0 Å². The molecule has 2 aromatic rings. The van der Waals surface area contributed by atoms with E-state index in [1.165, 1.54) is 17.7 Å². The van der Waals surface area contributed by atoms with Gasteiger partial charge in [-0.25, -0.2) is 0 Å². The first-order valence-corrected chi connectivity index (χ1v) is 10.3. The van der Waals surface area contributed by atoms with Crippen molar-refractivity contribution in [2.24, 2.45) is 5.92 Å². The van der Waals surface area contributed by atoms with Gasteiger partial charge in [-0.3, -0.25) is 0 Å². The molecule has 0 amide bonds. The van der Waals surface area contributed by atoms with Crippen molar-refractivity contribution >= 4 is 5.69 Å². The van der Waals surface area contributed by atoms with Gasteiger partial charge >= 0.3 is 6.18 Å². The van der Waals surface area contributed by atoms with Crippen molar-refractivity contribution in [3.8, 4) is 0 Å². The molecule has 0 unspecified atom stereocenters. The van der Waals surface area contributed by atoms with Crippen LogP contribution in [0.15, 0.2) is 48.5 Å². The van der Waals surface area contributed by atoms with E-state index in [0.717, 1.165) is 25.1 Å². The maximum Gasteiger partial charge on any atom is 0.416 e. The molecule has 0 aliphatic rings. The lowest BCUT2D eigenvalue weighted by Crippen LogP contribution is -2.43. The van der Waals surface area contributed by atoms with Gasteiger partial charge in [0.15, 0.2) is 0 Å². The molecule has 0 aliphatic heterocycles. The van der Waals surface area contributed by atoms with Crippen molar-refractivity contribution in [1.29, 1.82) is 0 Å². The predicted octanol–water partition coefficient (Wildman–Crippen LogP) is 6.25. The first-order valence-electron chi connectivity index (χ1n) is 10.3. The second kappa shape index (κ2) is 10.1. The summed E-state index contributed by atoms with van der Waals surface area (Å²) in [7, 11) is 4.02. The molecule has 0 fully saturated rings. The Morgan fingerprint density at radius 3 is 2.24 bits per heavy atom. The van der Waals surface area contributed by atoms with Crippen LogP contribution in [-0.4, -0.2) is 31.6 Å². The summed E-state index contributed by atoms with van der Waals surface area (Å²) in [6, 6.07) is 14.2. The van der Waals surface area contributed by atoms with Crippen LogP contribution in [0.4, 0.5) is 18.9 Å². The Labute approximate surface area is 173 Å². The van der Waals surface area contributed by atoms with Gasteiger partial charge in [0.2, 0.25) is 0 Å². The first kappa shape index (κ1) is 23.3. The van der Waals surface area contributed by atoms with E-state index in [1.807, 2.05) is 26.2 Å². The molecule has 2 aromatic carbocycles.